The molecule has 0 saturated carbocycles. The monoisotopic (exact) mass is 261 g/mol. The summed E-state index contributed by atoms with van der Waals surface area (Å²) in [4.78, 5) is 32.2. The Labute approximate surface area is 108 Å². The zero-order chi connectivity index (χ0) is 14.0. The smallest absolute Gasteiger partial charge is 0.272 e. The third-order valence-electron chi connectivity index (χ3n) is 2.69. The van der Waals surface area contributed by atoms with Crippen LogP contribution < -0.4 is 27.2 Å². The van der Waals surface area contributed by atoms with Gasteiger partial charge in [0.2, 0.25) is 0 Å². The van der Waals surface area contributed by atoms with Crippen molar-refractivity contribution in [1.29, 1.82) is 0 Å². The van der Waals surface area contributed by atoms with Gasteiger partial charge in [-0.3, -0.25) is 14.3 Å². The van der Waals surface area contributed by atoms with Gasteiger partial charge in [0, 0.05) is 6.54 Å². The maximum absolute atomic E-state index is 11.7. The van der Waals surface area contributed by atoms with E-state index in [0.29, 0.717) is 5.69 Å². The summed E-state index contributed by atoms with van der Waals surface area (Å²) in [6, 6.07) is 0. The van der Waals surface area contributed by atoms with E-state index < -0.39 is 11.1 Å². The van der Waals surface area contributed by atoms with E-state index in [9.17, 15) is 9.59 Å². The molecule has 2 aromatic rings. The fourth-order valence-corrected chi connectivity index (χ4v) is 1.65. The number of imidazole rings is 1. The van der Waals surface area contributed by atoms with E-state index in [1.54, 1.807) is 11.0 Å². The molecule has 0 saturated heterocycles. The molecule has 0 aliphatic heterocycles. The van der Waals surface area contributed by atoms with Gasteiger partial charge in [0.1, 0.15) is 11.7 Å². The molecule has 7 heteroatoms. The normalized spacial score (nSPS) is 11.8. The first kappa shape index (κ1) is 12.9. The van der Waals surface area contributed by atoms with Gasteiger partial charge in [-0.25, -0.2) is 4.98 Å². The van der Waals surface area contributed by atoms with Crippen LogP contribution in [0.25, 0.3) is 12.7 Å². The zero-order valence-electron chi connectivity index (χ0n) is 10.8. The first-order chi connectivity index (χ1) is 9.02. The SMILES string of the molecule is C=c1[nH]c(=O)c(=Cc2ncn(NCC)c2C)[nH]c1=O. The summed E-state index contributed by atoms with van der Waals surface area (Å²) in [6.45, 7) is 8.02. The van der Waals surface area contributed by atoms with Crippen LogP contribution >= 0.6 is 0 Å². The summed E-state index contributed by atoms with van der Waals surface area (Å²) in [6.07, 6.45) is 3.15. The van der Waals surface area contributed by atoms with Gasteiger partial charge in [0.25, 0.3) is 11.1 Å². The number of aromatic nitrogens is 4. The van der Waals surface area contributed by atoms with Crippen LogP contribution in [0.3, 0.4) is 0 Å². The van der Waals surface area contributed by atoms with Gasteiger partial charge in [-0.15, -0.1) is 0 Å². The highest BCUT2D eigenvalue weighted by Gasteiger charge is 2.04. The second kappa shape index (κ2) is 4.97. The molecule has 0 bridgehead atoms. The number of aromatic amines is 2. The molecule has 3 N–H and O–H groups in total. The van der Waals surface area contributed by atoms with Gasteiger partial charge in [-0.2, -0.15) is 0 Å². The van der Waals surface area contributed by atoms with Crippen molar-refractivity contribution in [3.63, 3.8) is 0 Å². The molecule has 0 spiro atoms. The summed E-state index contributed by atoms with van der Waals surface area (Å²) < 4.78 is 1.76. The lowest BCUT2D eigenvalue weighted by molar-refractivity contribution is 0.833. The van der Waals surface area contributed by atoms with Gasteiger partial charge in [0.15, 0.2) is 0 Å². The van der Waals surface area contributed by atoms with Crippen molar-refractivity contribution in [1.82, 2.24) is 19.6 Å². The molecule has 2 rings (SSSR count). The van der Waals surface area contributed by atoms with E-state index in [4.69, 9.17) is 0 Å². The predicted octanol–water partition coefficient (Wildman–Crippen LogP) is -1.63. The second-order valence-electron chi connectivity index (χ2n) is 4.04. The molecular formula is C12H15N5O2. The Balaban J connectivity index is 2.59. The van der Waals surface area contributed by atoms with E-state index in [0.717, 1.165) is 12.2 Å². The average molecular weight is 261 g/mol. The van der Waals surface area contributed by atoms with Crippen LogP contribution in [0.5, 0.6) is 0 Å². The van der Waals surface area contributed by atoms with E-state index in [1.807, 2.05) is 13.8 Å². The van der Waals surface area contributed by atoms with Gasteiger partial charge in [-0.05, 0) is 19.9 Å². The predicted molar refractivity (Wildman–Crippen MR) is 72.9 cm³/mol. The minimum atomic E-state index is -0.422. The van der Waals surface area contributed by atoms with Crippen molar-refractivity contribution >= 4 is 12.7 Å². The Morgan fingerprint density at radius 3 is 2.84 bits per heavy atom. The molecule has 0 atom stereocenters. The van der Waals surface area contributed by atoms with Gasteiger partial charge < -0.3 is 15.4 Å². The second-order valence-corrected chi connectivity index (χ2v) is 4.04. The Hall–Kier alpha value is -2.57. The van der Waals surface area contributed by atoms with Gasteiger partial charge in [-0.1, -0.05) is 6.58 Å². The highest BCUT2D eigenvalue weighted by Crippen LogP contribution is 2.03. The number of hydrogen-bond donors (Lipinski definition) is 3. The molecule has 0 amide bonds. The summed E-state index contributed by atoms with van der Waals surface area (Å²) >= 11 is 0. The third kappa shape index (κ3) is 2.49. The van der Waals surface area contributed by atoms with Crippen LogP contribution in [0.1, 0.15) is 18.3 Å². The summed E-state index contributed by atoms with van der Waals surface area (Å²) in [5, 5.41) is 0.194. The molecule has 0 aliphatic rings. The first-order valence-corrected chi connectivity index (χ1v) is 5.84. The minimum Gasteiger partial charge on any atom is -0.325 e. The summed E-state index contributed by atoms with van der Waals surface area (Å²) in [5.74, 6) is 0. The lowest BCUT2D eigenvalue weighted by Gasteiger charge is -2.05. The molecule has 2 heterocycles. The van der Waals surface area contributed by atoms with Crippen LogP contribution in [-0.2, 0) is 0 Å². The molecule has 0 unspecified atom stereocenters. The van der Waals surface area contributed by atoms with Gasteiger partial charge in [0.05, 0.1) is 16.7 Å². The fraction of sp³-hybridized carbons (Fsp3) is 0.250. The highest BCUT2D eigenvalue weighted by atomic mass is 16.1. The number of hydrogen-bond acceptors (Lipinski definition) is 4. The van der Waals surface area contributed by atoms with E-state index in [1.165, 1.54) is 6.08 Å². The molecule has 7 nitrogen and oxygen atoms in total. The lowest BCUT2D eigenvalue weighted by Crippen LogP contribution is -2.46. The van der Waals surface area contributed by atoms with Gasteiger partial charge >= 0.3 is 0 Å². The first-order valence-electron chi connectivity index (χ1n) is 5.84. The Morgan fingerprint density at radius 2 is 2.16 bits per heavy atom. The van der Waals surface area contributed by atoms with Crippen LogP contribution in [0, 0.1) is 6.92 Å². The Bertz CT molecular complexity index is 812. The van der Waals surface area contributed by atoms with E-state index >= 15 is 0 Å². The lowest BCUT2D eigenvalue weighted by atomic mass is 10.3. The van der Waals surface area contributed by atoms with Crippen molar-refractivity contribution < 1.29 is 0 Å². The number of H-pyrrole nitrogens is 2. The number of nitrogens with one attached hydrogen (secondary N) is 3. The van der Waals surface area contributed by atoms with Crippen molar-refractivity contribution in [2.24, 2.45) is 0 Å². The molecule has 0 aliphatic carbocycles. The van der Waals surface area contributed by atoms with Crippen molar-refractivity contribution in [3.8, 4) is 0 Å². The van der Waals surface area contributed by atoms with Crippen molar-refractivity contribution in [3.05, 3.63) is 49.1 Å². The molecule has 0 aromatic carbocycles. The Kier molecular flexibility index (Phi) is 3.37. The van der Waals surface area contributed by atoms with Crippen molar-refractivity contribution in [2.45, 2.75) is 13.8 Å². The largest absolute Gasteiger partial charge is 0.325 e. The van der Waals surface area contributed by atoms with E-state index in [2.05, 4.69) is 27.0 Å². The highest BCUT2D eigenvalue weighted by molar-refractivity contribution is 5.46. The molecule has 0 fully saturated rings. The number of rotatable bonds is 3. The molecule has 19 heavy (non-hydrogen) atoms. The third-order valence-corrected chi connectivity index (χ3v) is 2.69. The average Bonchev–Trinajstić information content (AvgIpc) is 2.69. The van der Waals surface area contributed by atoms with Crippen molar-refractivity contribution in [2.75, 3.05) is 12.0 Å². The number of nitrogens with zero attached hydrogens (tertiary/aromatic N) is 2. The van der Waals surface area contributed by atoms with E-state index in [-0.39, 0.29) is 10.7 Å². The van der Waals surface area contributed by atoms with Crippen LogP contribution in [0.4, 0.5) is 0 Å². The Morgan fingerprint density at radius 1 is 1.42 bits per heavy atom. The van der Waals surface area contributed by atoms with Crippen LogP contribution in [-0.4, -0.2) is 26.2 Å². The molecule has 0 radical (unpaired) electrons. The maximum Gasteiger partial charge on any atom is 0.272 e. The van der Waals surface area contributed by atoms with Crippen LogP contribution in [0.2, 0.25) is 0 Å². The zero-order valence-corrected chi connectivity index (χ0v) is 10.8. The fourth-order valence-electron chi connectivity index (χ4n) is 1.65. The molecule has 2 aromatic heterocycles. The summed E-state index contributed by atoms with van der Waals surface area (Å²) in [5.41, 5.74) is 3.72. The molecule has 100 valence electrons. The standard InChI is InChI=1S/C12H15N5O2/c1-4-14-17-6-13-9(8(17)3)5-10-12(19)15-7(2)11(18)16-10/h5-6,14H,2,4H2,1,3H3,(H,15,19)(H,16,18). The quantitative estimate of drug-likeness (QED) is 0.618. The topological polar surface area (TPSA) is 95.6 Å². The minimum absolute atomic E-state index is 0.0389. The maximum atomic E-state index is 11.7. The van der Waals surface area contributed by atoms with Crippen LogP contribution in [0.15, 0.2) is 15.9 Å². The molecular weight excluding hydrogens is 246 g/mol. The summed E-state index contributed by atoms with van der Waals surface area (Å²) in [7, 11) is 0.